The first-order valence-corrected chi connectivity index (χ1v) is 5.79. The number of furan rings is 1. The van der Waals surface area contributed by atoms with Gasteiger partial charge in [-0.15, -0.1) is 0 Å². The number of para-hydroxylation sites is 1. The highest BCUT2D eigenvalue weighted by molar-refractivity contribution is 6.34. The highest BCUT2D eigenvalue weighted by Gasteiger charge is 2.59. The zero-order chi connectivity index (χ0) is 14.4. The van der Waals surface area contributed by atoms with Crippen molar-refractivity contribution in [3.05, 3.63) is 35.0 Å². The van der Waals surface area contributed by atoms with Crippen LogP contribution in [-0.2, 0) is 5.60 Å². The van der Waals surface area contributed by atoms with Crippen molar-refractivity contribution < 1.29 is 22.7 Å². The molecule has 0 fully saturated rings. The molecule has 2 atom stereocenters. The molecule has 0 aliphatic heterocycles. The summed E-state index contributed by atoms with van der Waals surface area (Å²) in [4.78, 5) is 0. The summed E-state index contributed by atoms with van der Waals surface area (Å²) in [6.07, 6.45) is -4.96. The molecular weight excluding hydrogens is 283 g/mol. The Bertz CT molecular complexity index is 609. The average molecular weight is 294 g/mol. The molecule has 2 aromatic rings. The van der Waals surface area contributed by atoms with Gasteiger partial charge in [0.1, 0.15) is 5.76 Å². The lowest BCUT2D eigenvalue weighted by molar-refractivity contribution is -0.278. The van der Waals surface area contributed by atoms with Crippen molar-refractivity contribution in [1.82, 2.24) is 0 Å². The Morgan fingerprint density at radius 1 is 1.37 bits per heavy atom. The molecule has 0 amide bonds. The fourth-order valence-electron chi connectivity index (χ4n) is 1.84. The minimum atomic E-state index is -4.96. The minimum Gasteiger partial charge on any atom is -0.456 e. The lowest BCUT2D eigenvalue weighted by Gasteiger charge is -2.31. The highest BCUT2D eigenvalue weighted by Crippen LogP contribution is 2.43. The van der Waals surface area contributed by atoms with E-state index in [-0.39, 0.29) is 10.6 Å². The maximum Gasteiger partial charge on any atom is 0.426 e. The van der Waals surface area contributed by atoms with Crippen LogP contribution in [0.15, 0.2) is 28.7 Å². The Balaban J connectivity index is 2.68. The number of rotatable bonds is 2. The normalized spacial score (nSPS) is 17.4. The van der Waals surface area contributed by atoms with Gasteiger partial charge in [-0.1, -0.05) is 23.7 Å². The molecule has 0 radical (unpaired) electrons. The van der Waals surface area contributed by atoms with E-state index in [9.17, 15) is 18.3 Å². The maximum absolute atomic E-state index is 13.0. The van der Waals surface area contributed by atoms with E-state index in [2.05, 4.69) is 0 Å². The van der Waals surface area contributed by atoms with Crippen LogP contribution in [0, 0.1) is 0 Å². The van der Waals surface area contributed by atoms with Crippen molar-refractivity contribution in [2.45, 2.75) is 24.7 Å². The summed E-state index contributed by atoms with van der Waals surface area (Å²) in [6.45, 7) is 1.06. The van der Waals surface area contributed by atoms with Gasteiger partial charge in [-0.05, 0) is 19.1 Å². The molecule has 0 saturated heterocycles. The van der Waals surface area contributed by atoms with Crippen LogP contribution in [0.3, 0.4) is 0 Å². The zero-order valence-corrected chi connectivity index (χ0v) is 10.6. The van der Waals surface area contributed by atoms with Crippen LogP contribution in [0.1, 0.15) is 12.7 Å². The number of halogens is 4. The van der Waals surface area contributed by atoms with Gasteiger partial charge in [-0.3, -0.25) is 0 Å². The summed E-state index contributed by atoms with van der Waals surface area (Å²) >= 11 is 5.83. The van der Waals surface area contributed by atoms with E-state index in [0.717, 1.165) is 13.0 Å². The van der Waals surface area contributed by atoms with Crippen LogP contribution >= 0.6 is 11.6 Å². The molecule has 3 nitrogen and oxygen atoms in total. The third kappa shape index (κ3) is 2.09. The van der Waals surface area contributed by atoms with E-state index in [1.807, 2.05) is 0 Å². The van der Waals surface area contributed by atoms with E-state index in [1.54, 1.807) is 6.07 Å². The van der Waals surface area contributed by atoms with Gasteiger partial charge >= 0.3 is 6.18 Å². The fraction of sp³-hybridized carbons (Fsp3) is 0.333. The van der Waals surface area contributed by atoms with Crippen LogP contribution < -0.4 is 5.73 Å². The van der Waals surface area contributed by atoms with Crippen LogP contribution in [-0.4, -0.2) is 17.3 Å². The topological polar surface area (TPSA) is 59.4 Å². The van der Waals surface area contributed by atoms with Crippen molar-refractivity contribution >= 4 is 22.6 Å². The van der Waals surface area contributed by atoms with Crippen molar-refractivity contribution in [1.29, 1.82) is 0 Å². The Morgan fingerprint density at radius 3 is 2.47 bits per heavy atom. The maximum atomic E-state index is 13.0. The largest absolute Gasteiger partial charge is 0.456 e. The van der Waals surface area contributed by atoms with E-state index in [1.165, 1.54) is 12.1 Å². The zero-order valence-electron chi connectivity index (χ0n) is 9.83. The van der Waals surface area contributed by atoms with Crippen LogP contribution in [0.2, 0.25) is 5.02 Å². The van der Waals surface area contributed by atoms with Gasteiger partial charge in [-0.2, -0.15) is 13.2 Å². The van der Waals surface area contributed by atoms with Crippen LogP contribution in [0.25, 0.3) is 11.0 Å². The molecule has 0 bridgehead atoms. The SMILES string of the molecule is CC(N)C(O)(c1cc2cccc(Cl)c2o1)C(F)(F)F. The standard InChI is InChI=1S/C12H11ClF3NO2/c1-6(17)11(18,12(14,15)16)9-5-7-3-2-4-8(13)10(7)19-9/h2-6,18H,17H2,1H3. The van der Waals surface area contributed by atoms with E-state index in [4.69, 9.17) is 21.8 Å². The Morgan fingerprint density at radius 2 is 2.00 bits per heavy atom. The Hall–Kier alpha value is -1.24. The summed E-state index contributed by atoms with van der Waals surface area (Å²) in [6, 6.07) is 4.09. The predicted octanol–water partition coefficient (Wildman–Crippen LogP) is 3.18. The number of fused-ring (bicyclic) bond motifs is 1. The Kier molecular flexibility index (Phi) is 3.28. The molecule has 1 aromatic carbocycles. The molecule has 2 unspecified atom stereocenters. The molecule has 0 saturated carbocycles. The first kappa shape index (κ1) is 14.2. The number of hydrogen-bond donors (Lipinski definition) is 2. The van der Waals surface area contributed by atoms with Gasteiger partial charge in [0, 0.05) is 11.4 Å². The average Bonchev–Trinajstić information content (AvgIpc) is 2.71. The molecule has 1 heterocycles. The van der Waals surface area contributed by atoms with Crippen molar-refractivity contribution in [2.75, 3.05) is 0 Å². The first-order chi connectivity index (χ1) is 8.68. The predicted molar refractivity (Wildman–Crippen MR) is 64.8 cm³/mol. The molecule has 0 aliphatic rings. The van der Waals surface area contributed by atoms with Crippen molar-refractivity contribution in [3.63, 3.8) is 0 Å². The molecule has 0 aliphatic carbocycles. The third-order valence-corrected chi connectivity index (χ3v) is 3.26. The van der Waals surface area contributed by atoms with Crippen molar-refractivity contribution in [2.24, 2.45) is 5.73 Å². The summed E-state index contributed by atoms with van der Waals surface area (Å²) in [7, 11) is 0. The van der Waals surface area contributed by atoms with Gasteiger partial charge in [0.15, 0.2) is 5.58 Å². The summed E-state index contributed by atoms with van der Waals surface area (Å²) < 4.78 is 44.2. The molecule has 19 heavy (non-hydrogen) atoms. The lowest BCUT2D eigenvalue weighted by Crippen LogP contribution is -2.54. The quantitative estimate of drug-likeness (QED) is 0.894. The molecule has 0 spiro atoms. The second-order valence-electron chi connectivity index (χ2n) is 4.32. The molecule has 7 heteroatoms. The summed E-state index contributed by atoms with van der Waals surface area (Å²) in [5, 5.41) is 10.4. The van der Waals surface area contributed by atoms with Gasteiger partial charge in [-0.25, -0.2) is 0 Å². The Labute approximate surface area is 111 Å². The fourth-order valence-corrected chi connectivity index (χ4v) is 2.06. The van der Waals surface area contributed by atoms with E-state index >= 15 is 0 Å². The molecule has 2 rings (SSSR count). The van der Waals surface area contributed by atoms with Gasteiger partial charge in [0.25, 0.3) is 0 Å². The van der Waals surface area contributed by atoms with Gasteiger partial charge in [0.2, 0.25) is 5.60 Å². The smallest absolute Gasteiger partial charge is 0.426 e. The monoisotopic (exact) mass is 293 g/mol. The molecule has 1 aromatic heterocycles. The number of alkyl halides is 3. The molecular formula is C12H11ClF3NO2. The number of hydrogen-bond acceptors (Lipinski definition) is 3. The van der Waals surface area contributed by atoms with E-state index in [0.29, 0.717) is 5.39 Å². The first-order valence-electron chi connectivity index (χ1n) is 5.41. The lowest BCUT2D eigenvalue weighted by atomic mass is 9.92. The van der Waals surface area contributed by atoms with E-state index < -0.39 is 23.6 Å². The minimum absolute atomic E-state index is 0.0856. The molecule has 3 N–H and O–H groups in total. The second-order valence-corrected chi connectivity index (χ2v) is 4.73. The van der Waals surface area contributed by atoms with Gasteiger partial charge < -0.3 is 15.3 Å². The van der Waals surface area contributed by atoms with Crippen LogP contribution in [0.4, 0.5) is 13.2 Å². The number of aliphatic hydroxyl groups is 1. The second kappa shape index (κ2) is 4.40. The summed E-state index contributed by atoms with van der Waals surface area (Å²) in [5.74, 6) is -0.668. The third-order valence-electron chi connectivity index (χ3n) is 2.96. The number of nitrogens with two attached hydrogens (primary N) is 1. The van der Waals surface area contributed by atoms with Crippen LogP contribution in [0.5, 0.6) is 0 Å². The van der Waals surface area contributed by atoms with Gasteiger partial charge in [0.05, 0.1) is 5.02 Å². The molecule has 104 valence electrons. The summed E-state index contributed by atoms with van der Waals surface area (Å²) in [5.41, 5.74) is 2.12. The number of benzene rings is 1. The van der Waals surface area contributed by atoms with Crippen molar-refractivity contribution in [3.8, 4) is 0 Å². The highest BCUT2D eigenvalue weighted by atomic mass is 35.5.